The number of hydrogen-bond donors (Lipinski definition) is 0. The van der Waals surface area contributed by atoms with Gasteiger partial charge in [0.25, 0.3) is 0 Å². The summed E-state index contributed by atoms with van der Waals surface area (Å²) in [6.45, 7) is 24.6. The Morgan fingerprint density at radius 3 is 0.686 bits per heavy atom. The van der Waals surface area contributed by atoms with Gasteiger partial charge in [-0.05, 0) is 175 Å². The largest absolute Gasteiger partial charge is 0.212 e. The van der Waals surface area contributed by atoms with E-state index in [0.717, 1.165) is 48.0 Å². The predicted octanol–water partition coefficient (Wildman–Crippen LogP) is 18.3. The fraction of sp³-hybridized carbons (Fsp3) is 0.702. The van der Waals surface area contributed by atoms with Gasteiger partial charge >= 0.3 is 0 Å². The van der Waals surface area contributed by atoms with Crippen LogP contribution in [0.3, 0.4) is 0 Å². The van der Waals surface area contributed by atoms with Gasteiger partial charge in [-0.1, -0.05) is 77.0 Å². The van der Waals surface area contributed by atoms with Crippen molar-refractivity contribution in [2.75, 3.05) is 0 Å². The fourth-order valence-corrected chi connectivity index (χ4v) is 5.81. The van der Waals surface area contributed by atoms with Gasteiger partial charge in [0, 0.05) is 25.7 Å². The lowest BCUT2D eigenvalue weighted by atomic mass is 9.91. The molecule has 4 atom stereocenters. The lowest BCUT2D eigenvalue weighted by molar-refractivity contribution is 0.422. The van der Waals surface area contributed by atoms with E-state index >= 15 is 0 Å². The Hall–Kier alpha value is -2.10. The molecule has 0 aliphatic heterocycles. The van der Waals surface area contributed by atoms with Crippen LogP contribution in [0.2, 0.25) is 0 Å². The molecule has 0 bridgehead atoms. The van der Waals surface area contributed by atoms with Crippen molar-refractivity contribution in [1.82, 2.24) is 0 Å². The first kappa shape index (κ1) is 58.2. The Balaban J connectivity index is -0.000000169. The van der Waals surface area contributed by atoms with E-state index in [2.05, 4.69) is 67.5 Å². The van der Waals surface area contributed by atoms with Gasteiger partial charge < -0.3 is 0 Å². The number of allylic oxidation sites excluding steroid dienone is 8. The lowest BCUT2D eigenvalue weighted by Crippen LogP contribution is -2.02. The minimum absolute atomic E-state index is 0. The number of halogens is 4. The minimum Gasteiger partial charge on any atom is -0.212 e. The van der Waals surface area contributed by atoms with Crippen molar-refractivity contribution in [3.63, 3.8) is 0 Å². The third-order valence-corrected chi connectivity index (χ3v) is 10.3. The molecule has 0 saturated carbocycles. The highest BCUT2D eigenvalue weighted by Gasteiger charge is 2.16. The third kappa shape index (κ3) is 22.5. The van der Waals surface area contributed by atoms with Crippen molar-refractivity contribution < 1.29 is 17.6 Å². The Morgan fingerprint density at radius 2 is 0.549 bits per heavy atom. The third-order valence-electron chi connectivity index (χ3n) is 10.3. The average molecular weight is 727 g/mol. The van der Waals surface area contributed by atoms with Crippen LogP contribution in [0.25, 0.3) is 0 Å². The molecule has 0 N–H and O–H groups in total. The predicted molar refractivity (Wildman–Crippen MR) is 226 cm³/mol. The van der Waals surface area contributed by atoms with Crippen LogP contribution in [-0.2, 0) is 0 Å². The molecule has 0 spiro atoms. The van der Waals surface area contributed by atoms with Gasteiger partial charge in [-0.2, -0.15) is 0 Å². The Labute approximate surface area is 317 Å². The summed E-state index contributed by atoms with van der Waals surface area (Å²) >= 11 is 0. The molecule has 302 valence electrons. The number of hydrogen-bond acceptors (Lipinski definition) is 0. The molecule has 0 saturated heterocycles. The zero-order chi connectivity index (χ0) is 35.1. The van der Waals surface area contributed by atoms with E-state index in [1.807, 2.05) is 27.7 Å². The summed E-state index contributed by atoms with van der Waals surface area (Å²) in [6, 6.07) is 4.36. The van der Waals surface area contributed by atoms with Crippen LogP contribution in [0.4, 0.5) is 17.6 Å². The van der Waals surface area contributed by atoms with Crippen LogP contribution in [0.15, 0.2) is 57.7 Å². The maximum absolute atomic E-state index is 12.7. The molecule has 1 aromatic rings. The first-order chi connectivity index (χ1) is 21.4. The number of benzene rings is 1. The molecule has 4 heteroatoms. The molecule has 4 unspecified atom stereocenters. The minimum atomic E-state index is 0. The molecule has 1 aromatic carbocycles. The maximum atomic E-state index is 12.7. The molecule has 0 heterocycles. The first-order valence-electron chi connectivity index (χ1n) is 17.8. The van der Waals surface area contributed by atoms with E-state index in [0.29, 0.717) is 49.4 Å². The molecular weight excluding hydrogens is 641 g/mol. The van der Waals surface area contributed by atoms with Crippen LogP contribution < -0.4 is 0 Å². The highest BCUT2D eigenvalue weighted by molar-refractivity contribution is 5.37. The highest BCUT2D eigenvalue weighted by atomic mass is 19.1. The van der Waals surface area contributed by atoms with Gasteiger partial charge in [0.2, 0.25) is 0 Å². The van der Waals surface area contributed by atoms with Crippen LogP contribution in [0.5, 0.6) is 0 Å². The van der Waals surface area contributed by atoms with Gasteiger partial charge in [-0.25, -0.2) is 17.6 Å². The molecule has 4 aliphatic rings. The Kier molecular flexibility index (Phi) is 33.5. The zero-order valence-corrected chi connectivity index (χ0v) is 31.5. The van der Waals surface area contributed by atoms with Gasteiger partial charge in [0.15, 0.2) is 0 Å². The van der Waals surface area contributed by atoms with Crippen molar-refractivity contribution in [3.05, 3.63) is 80.0 Å². The molecule has 0 radical (unpaired) electrons. The molecule has 4 aliphatic carbocycles. The van der Waals surface area contributed by atoms with Crippen molar-refractivity contribution >= 4 is 0 Å². The van der Waals surface area contributed by atoms with E-state index in [1.54, 1.807) is 0 Å². The van der Waals surface area contributed by atoms with Gasteiger partial charge in [-0.3, -0.25) is 0 Å². The van der Waals surface area contributed by atoms with E-state index in [4.69, 9.17) is 0 Å². The summed E-state index contributed by atoms with van der Waals surface area (Å²) in [6.07, 6.45) is 11.2. The summed E-state index contributed by atoms with van der Waals surface area (Å²) in [5.41, 5.74) is 9.51. The van der Waals surface area contributed by atoms with E-state index in [-0.39, 0.29) is 60.4 Å². The van der Waals surface area contributed by atoms with Crippen LogP contribution >= 0.6 is 0 Å². The lowest BCUT2D eigenvalue weighted by Gasteiger charge is -2.17. The standard InChI is InChI=1S/C10H14.4C8H13F.5CH4/c1-7-5-6-8(2)10(4)9(7)3;4*1-6-3-4-7(2)8(9)5-6;;;;;/h5-6H,1-4H3;4*6H,3-5H2,1-2H3;5*1H4. The van der Waals surface area contributed by atoms with Gasteiger partial charge in [0.1, 0.15) is 0 Å². The molecule has 0 aromatic heterocycles. The summed E-state index contributed by atoms with van der Waals surface area (Å²) in [5, 5.41) is 0. The van der Waals surface area contributed by atoms with E-state index < -0.39 is 0 Å². The molecular formula is C47H86F4. The number of aryl methyl sites for hydroxylation is 2. The SMILES string of the molecule is C.C.C.C.C.CC1=C(F)CC(C)CC1.CC1=C(F)CC(C)CC1.CC1=C(F)CC(C)CC1.CC1=C(F)CC(C)CC1.Cc1ccc(C)c(C)c1C. The van der Waals surface area contributed by atoms with Gasteiger partial charge in [-0.15, -0.1) is 0 Å². The summed E-state index contributed by atoms with van der Waals surface area (Å²) in [7, 11) is 0. The maximum Gasteiger partial charge on any atom is 0.0991 e. The van der Waals surface area contributed by atoms with E-state index in [1.165, 1.54) is 47.9 Å². The highest BCUT2D eigenvalue weighted by Crippen LogP contribution is 2.31. The van der Waals surface area contributed by atoms with Crippen molar-refractivity contribution in [1.29, 1.82) is 0 Å². The fourth-order valence-electron chi connectivity index (χ4n) is 5.81. The topological polar surface area (TPSA) is 0 Å². The quantitative estimate of drug-likeness (QED) is 0.234. The van der Waals surface area contributed by atoms with Crippen molar-refractivity contribution in [2.24, 2.45) is 23.7 Å². The Bertz CT molecular complexity index is 1070. The molecule has 0 fully saturated rings. The number of rotatable bonds is 0. The summed E-state index contributed by atoms with van der Waals surface area (Å²) in [4.78, 5) is 0. The van der Waals surface area contributed by atoms with E-state index in [9.17, 15) is 17.6 Å². The van der Waals surface area contributed by atoms with Crippen LogP contribution in [0.1, 0.15) is 192 Å². The van der Waals surface area contributed by atoms with Crippen molar-refractivity contribution in [2.45, 2.75) is 197 Å². The molecule has 51 heavy (non-hydrogen) atoms. The second-order valence-electron chi connectivity index (χ2n) is 15.1. The average Bonchev–Trinajstić information content (AvgIpc) is 2.99. The van der Waals surface area contributed by atoms with Gasteiger partial charge in [0.05, 0.1) is 23.3 Å². The zero-order valence-electron chi connectivity index (χ0n) is 31.5. The molecule has 0 nitrogen and oxygen atoms in total. The molecule has 5 rings (SSSR count). The van der Waals surface area contributed by atoms with Crippen LogP contribution in [-0.4, -0.2) is 0 Å². The monoisotopic (exact) mass is 727 g/mol. The van der Waals surface area contributed by atoms with Crippen molar-refractivity contribution in [3.8, 4) is 0 Å². The summed E-state index contributed by atoms with van der Waals surface area (Å²) < 4.78 is 50.8. The van der Waals surface area contributed by atoms with Crippen LogP contribution in [0, 0.1) is 51.4 Å². The second kappa shape index (κ2) is 29.4. The first-order valence-corrected chi connectivity index (χ1v) is 17.8. The normalized spacial score (nSPS) is 22.4. The smallest absolute Gasteiger partial charge is 0.0991 e. The Morgan fingerprint density at radius 1 is 0.373 bits per heavy atom. The summed E-state index contributed by atoms with van der Waals surface area (Å²) in [5.74, 6) is 2.79. The molecule has 0 amide bonds. The second-order valence-corrected chi connectivity index (χ2v) is 15.1.